The summed E-state index contributed by atoms with van der Waals surface area (Å²) in [7, 11) is 1.12. The topological polar surface area (TPSA) is 128 Å². The molecule has 0 aliphatic rings. The Kier molecular flexibility index (Phi) is 8.18. The van der Waals surface area contributed by atoms with Crippen molar-refractivity contribution in [1.29, 1.82) is 0 Å². The molecule has 2 aromatic carbocycles. The lowest BCUT2D eigenvalue weighted by molar-refractivity contribution is -0.385. The first-order chi connectivity index (χ1) is 14.7. The van der Waals surface area contributed by atoms with Gasteiger partial charge in [-0.3, -0.25) is 19.7 Å². The zero-order chi connectivity index (χ0) is 23.0. The third-order valence-corrected chi connectivity index (χ3v) is 4.49. The van der Waals surface area contributed by atoms with Gasteiger partial charge in [0.2, 0.25) is 11.8 Å². The number of methoxy groups -OCH3 is 1. The predicted octanol–water partition coefficient (Wildman–Crippen LogP) is 1.68. The smallest absolute Gasteiger partial charge is 0.328 e. The van der Waals surface area contributed by atoms with Crippen molar-refractivity contribution in [3.63, 3.8) is 0 Å². The molecule has 2 aromatic rings. The van der Waals surface area contributed by atoms with Crippen LogP contribution in [0.25, 0.3) is 0 Å². The van der Waals surface area contributed by atoms with Crippen LogP contribution in [0.1, 0.15) is 18.1 Å². The fourth-order valence-electron chi connectivity index (χ4n) is 3.03. The van der Waals surface area contributed by atoms with Gasteiger partial charge in [0, 0.05) is 31.4 Å². The molecule has 164 valence electrons. The van der Waals surface area contributed by atoms with Crippen molar-refractivity contribution in [1.82, 2.24) is 10.6 Å². The molecule has 2 amide bonds. The first-order valence-electron chi connectivity index (χ1n) is 9.34. The van der Waals surface area contributed by atoms with Crippen LogP contribution in [0.3, 0.4) is 0 Å². The second-order valence-corrected chi connectivity index (χ2v) is 6.72. The molecule has 0 aliphatic carbocycles. The molecule has 0 bridgehead atoms. The van der Waals surface area contributed by atoms with Gasteiger partial charge in [0.15, 0.2) is 0 Å². The molecule has 9 nitrogen and oxygen atoms in total. The van der Waals surface area contributed by atoms with E-state index in [0.29, 0.717) is 0 Å². The van der Waals surface area contributed by atoms with Crippen LogP contribution >= 0.6 is 0 Å². The SMILES string of the molecule is COC(=O)[C@H](Cc1ccccc1[N+](=O)[O-])NC(=O)[C@@H](Cc1ccccc1F)NC(C)=O. The molecular formula is C21H22FN3O6. The number of esters is 1. The summed E-state index contributed by atoms with van der Waals surface area (Å²) < 4.78 is 18.7. The number of ether oxygens (including phenoxy) is 1. The van der Waals surface area contributed by atoms with Crippen molar-refractivity contribution in [2.75, 3.05) is 7.11 Å². The zero-order valence-electron chi connectivity index (χ0n) is 17.0. The van der Waals surface area contributed by atoms with Crippen LogP contribution in [-0.2, 0) is 32.0 Å². The van der Waals surface area contributed by atoms with Crippen LogP contribution in [0.4, 0.5) is 10.1 Å². The molecule has 0 aliphatic heterocycles. The molecule has 10 heteroatoms. The van der Waals surface area contributed by atoms with Gasteiger partial charge in [-0.15, -0.1) is 0 Å². The monoisotopic (exact) mass is 431 g/mol. The van der Waals surface area contributed by atoms with Gasteiger partial charge in [-0.2, -0.15) is 0 Å². The van der Waals surface area contributed by atoms with Gasteiger partial charge < -0.3 is 15.4 Å². The quantitative estimate of drug-likeness (QED) is 0.353. The Balaban J connectivity index is 2.26. The van der Waals surface area contributed by atoms with E-state index < -0.39 is 40.6 Å². The maximum atomic E-state index is 14.0. The van der Waals surface area contributed by atoms with E-state index in [1.165, 1.54) is 43.3 Å². The molecule has 0 aromatic heterocycles. The molecule has 0 saturated heterocycles. The number of benzene rings is 2. The van der Waals surface area contributed by atoms with E-state index in [0.717, 1.165) is 7.11 Å². The minimum absolute atomic E-state index is 0.155. The summed E-state index contributed by atoms with van der Waals surface area (Å²) in [6, 6.07) is 9.15. The number of nitro benzene ring substituents is 1. The summed E-state index contributed by atoms with van der Waals surface area (Å²) in [6.07, 6.45) is -0.362. The van der Waals surface area contributed by atoms with E-state index in [-0.39, 0.29) is 29.7 Å². The zero-order valence-corrected chi connectivity index (χ0v) is 17.0. The highest BCUT2D eigenvalue weighted by Crippen LogP contribution is 2.20. The number of nitrogens with one attached hydrogen (secondary N) is 2. The highest BCUT2D eigenvalue weighted by atomic mass is 19.1. The lowest BCUT2D eigenvalue weighted by Gasteiger charge is -2.22. The summed E-state index contributed by atoms with van der Waals surface area (Å²) in [5.74, 6) is -2.65. The maximum Gasteiger partial charge on any atom is 0.328 e. The van der Waals surface area contributed by atoms with E-state index in [9.17, 15) is 28.9 Å². The van der Waals surface area contributed by atoms with Crippen molar-refractivity contribution < 1.29 is 28.4 Å². The van der Waals surface area contributed by atoms with Crippen LogP contribution < -0.4 is 10.6 Å². The lowest BCUT2D eigenvalue weighted by atomic mass is 10.0. The molecule has 0 radical (unpaired) electrons. The average Bonchev–Trinajstić information content (AvgIpc) is 2.73. The molecule has 0 heterocycles. The number of carbonyl (C=O) groups is 3. The van der Waals surface area contributed by atoms with E-state index in [4.69, 9.17) is 4.74 Å². The number of nitro groups is 1. The Hall–Kier alpha value is -3.82. The fourth-order valence-corrected chi connectivity index (χ4v) is 3.03. The van der Waals surface area contributed by atoms with Gasteiger partial charge >= 0.3 is 5.97 Å². The summed E-state index contributed by atoms with van der Waals surface area (Å²) in [4.78, 5) is 47.3. The average molecular weight is 431 g/mol. The number of carbonyl (C=O) groups excluding carboxylic acids is 3. The first-order valence-corrected chi connectivity index (χ1v) is 9.34. The summed E-state index contributed by atoms with van der Waals surface area (Å²) in [5, 5.41) is 16.1. The van der Waals surface area contributed by atoms with Gasteiger partial charge in [0.1, 0.15) is 17.9 Å². The van der Waals surface area contributed by atoms with Gasteiger partial charge in [-0.1, -0.05) is 36.4 Å². The van der Waals surface area contributed by atoms with Crippen molar-refractivity contribution >= 4 is 23.5 Å². The number of hydrogen-bond donors (Lipinski definition) is 2. The lowest BCUT2D eigenvalue weighted by Crippen LogP contribution is -2.53. The van der Waals surface area contributed by atoms with E-state index >= 15 is 0 Å². The molecule has 2 atom stereocenters. The second kappa shape index (κ2) is 10.8. The summed E-state index contributed by atoms with van der Waals surface area (Å²) in [5.41, 5.74) is 0.202. The number of hydrogen-bond acceptors (Lipinski definition) is 6. The number of rotatable bonds is 9. The number of amides is 2. The largest absolute Gasteiger partial charge is 0.467 e. The highest BCUT2D eigenvalue weighted by molar-refractivity contribution is 5.90. The van der Waals surface area contributed by atoms with Crippen LogP contribution in [-0.4, -0.2) is 41.9 Å². The molecule has 0 fully saturated rings. The standard InChI is InChI=1S/C21H22FN3O6/c1-13(26)23-17(11-14-7-3-5-9-16(14)22)20(27)24-18(21(28)31-2)12-15-8-4-6-10-19(15)25(29)30/h3-10,17-18H,11-12H2,1-2H3,(H,23,26)(H,24,27)/t17-,18+/m1/s1. The maximum absolute atomic E-state index is 14.0. The highest BCUT2D eigenvalue weighted by Gasteiger charge is 2.29. The van der Waals surface area contributed by atoms with Gasteiger partial charge in [0.25, 0.3) is 5.69 Å². The Labute approximate surface area is 177 Å². The third-order valence-electron chi connectivity index (χ3n) is 4.49. The molecule has 0 unspecified atom stereocenters. The van der Waals surface area contributed by atoms with Crippen molar-refractivity contribution in [3.05, 3.63) is 75.6 Å². The molecule has 0 spiro atoms. The summed E-state index contributed by atoms with van der Waals surface area (Å²) >= 11 is 0. The van der Waals surface area contributed by atoms with Crippen LogP contribution in [0, 0.1) is 15.9 Å². The Morgan fingerprint density at radius 1 is 1.00 bits per heavy atom. The number of halogens is 1. The van der Waals surface area contributed by atoms with Crippen LogP contribution in [0.2, 0.25) is 0 Å². The van der Waals surface area contributed by atoms with Crippen LogP contribution in [0.15, 0.2) is 48.5 Å². The van der Waals surface area contributed by atoms with Gasteiger partial charge in [-0.25, -0.2) is 9.18 Å². The summed E-state index contributed by atoms with van der Waals surface area (Å²) in [6.45, 7) is 1.20. The molecule has 0 saturated carbocycles. The van der Waals surface area contributed by atoms with Gasteiger partial charge in [-0.05, 0) is 11.6 Å². The number of nitrogens with zero attached hydrogens (tertiary/aromatic N) is 1. The molecule has 2 rings (SSSR count). The first kappa shape index (κ1) is 23.5. The Morgan fingerprint density at radius 2 is 1.58 bits per heavy atom. The minimum Gasteiger partial charge on any atom is -0.467 e. The Bertz CT molecular complexity index is 981. The van der Waals surface area contributed by atoms with E-state index in [1.807, 2.05) is 0 Å². The van der Waals surface area contributed by atoms with Crippen molar-refractivity contribution in [2.45, 2.75) is 31.8 Å². The third kappa shape index (κ3) is 6.59. The fraction of sp³-hybridized carbons (Fsp3) is 0.286. The molecular weight excluding hydrogens is 409 g/mol. The predicted molar refractivity (Wildman–Crippen MR) is 108 cm³/mol. The molecule has 2 N–H and O–H groups in total. The molecule has 31 heavy (non-hydrogen) atoms. The van der Waals surface area contributed by atoms with E-state index in [2.05, 4.69) is 10.6 Å². The Morgan fingerprint density at radius 3 is 2.16 bits per heavy atom. The van der Waals surface area contributed by atoms with Crippen molar-refractivity contribution in [2.24, 2.45) is 0 Å². The normalized spacial score (nSPS) is 12.4. The van der Waals surface area contributed by atoms with Crippen molar-refractivity contribution in [3.8, 4) is 0 Å². The van der Waals surface area contributed by atoms with Gasteiger partial charge in [0.05, 0.1) is 12.0 Å². The minimum atomic E-state index is -1.25. The second-order valence-electron chi connectivity index (χ2n) is 6.72. The van der Waals surface area contributed by atoms with E-state index in [1.54, 1.807) is 12.1 Å². The van der Waals surface area contributed by atoms with Crippen LogP contribution in [0.5, 0.6) is 0 Å². The number of para-hydroxylation sites is 1.